The van der Waals surface area contributed by atoms with Gasteiger partial charge < -0.3 is 9.73 Å². The van der Waals surface area contributed by atoms with Crippen LogP contribution in [0, 0.1) is 11.6 Å². The van der Waals surface area contributed by atoms with Crippen molar-refractivity contribution in [1.29, 1.82) is 0 Å². The average Bonchev–Trinajstić information content (AvgIpc) is 3.01. The van der Waals surface area contributed by atoms with E-state index >= 15 is 0 Å². The highest BCUT2D eigenvalue weighted by molar-refractivity contribution is 6.04. The van der Waals surface area contributed by atoms with E-state index in [4.69, 9.17) is 4.42 Å². The molecule has 5 nitrogen and oxygen atoms in total. The van der Waals surface area contributed by atoms with Crippen LogP contribution in [0.15, 0.2) is 53.3 Å². The van der Waals surface area contributed by atoms with Crippen molar-refractivity contribution in [1.82, 2.24) is 10.2 Å². The topological polar surface area (TPSA) is 68.0 Å². The molecule has 1 aromatic heterocycles. The number of benzene rings is 2. The first-order valence-corrected chi connectivity index (χ1v) is 6.26. The largest absolute Gasteiger partial charge is 0.423 e. The van der Waals surface area contributed by atoms with Crippen LogP contribution >= 0.6 is 0 Å². The summed E-state index contributed by atoms with van der Waals surface area (Å²) in [4.78, 5) is 12.0. The highest BCUT2D eigenvalue weighted by atomic mass is 19.1. The van der Waals surface area contributed by atoms with E-state index in [1.54, 1.807) is 24.3 Å². The molecule has 1 N–H and O–H groups in total. The third kappa shape index (κ3) is 2.83. The summed E-state index contributed by atoms with van der Waals surface area (Å²) in [5.74, 6) is -2.05. The molecule has 0 aliphatic rings. The van der Waals surface area contributed by atoms with E-state index in [0.717, 1.165) is 12.1 Å². The van der Waals surface area contributed by atoms with Crippen LogP contribution in [0.2, 0.25) is 0 Å². The van der Waals surface area contributed by atoms with Crippen molar-refractivity contribution in [2.75, 3.05) is 5.32 Å². The molecule has 22 heavy (non-hydrogen) atoms. The van der Waals surface area contributed by atoms with Crippen LogP contribution in [0.25, 0.3) is 11.5 Å². The molecule has 0 saturated heterocycles. The number of hydrogen-bond acceptors (Lipinski definition) is 4. The highest BCUT2D eigenvalue weighted by Crippen LogP contribution is 2.21. The quantitative estimate of drug-likeness (QED) is 0.806. The molecule has 3 rings (SSSR count). The Hall–Kier alpha value is -3.09. The smallest absolute Gasteiger partial charge is 0.258 e. The lowest BCUT2D eigenvalue weighted by atomic mass is 10.1. The Morgan fingerprint density at radius 1 is 1.14 bits per heavy atom. The summed E-state index contributed by atoms with van der Waals surface area (Å²) >= 11 is 0. The van der Waals surface area contributed by atoms with Gasteiger partial charge in [0, 0.05) is 17.3 Å². The van der Waals surface area contributed by atoms with E-state index in [9.17, 15) is 13.6 Å². The van der Waals surface area contributed by atoms with Gasteiger partial charge in [-0.05, 0) is 30.3 Å². The highest BCUT2D eigenvalue weighted by Gasteiger charge is 2.13. The van der Waals surface area contributed by atoms with Gasteiger partial charge in [-0.15, -0.1) is 10.2 Å². The number of aromatic nitrogens is 2. The van der Waals surface area contributed by atoms with Gasteiger partial charge in [-0.1, -0.05) is 6.07 Å². The molecule has 0 fully saturated rings. The predicted molar refractivity (Wildman–Crippen MR) is 74.0 cm³/mol. The molecule has 0 atom stereocenters. The number of carbonyl (C=O) groups excluding carboxylic acids is 1. The van der Waals surface area contributed by atoms with Gasteiger partial charge in [0.15, 0.2) is 0 Å². The molecule has 0 saturated carbocycles. The van der Waals surface area contributed by atoms with Gasteiger partial charge in [-0.3, -0.25) is 4.79 Å². The molecule has 7 heteroatoms. The first-order valence-electron chi connectivity index (χ1n) is 6.26. The van der Waals surface area contributed by atoms with Crippen molar-refractivity contribution in [2.24, 2.45) is 0 Å². The van der Waals surface area contributed by atoms with Crippen LogP contribution in [0.3, 0.4) is 0 Å². The summed E-state index contributed by atoms with van der Waals surface area (Å²) in [5.41, 5.74) is 0.781. The average molecular weight is 301 g/mol. The van der Waals surface area contributed by atoms with Crippen molar-refractivity contribution in [3.63, 3.8) is 0 Å². The van der Waals surface area contributed by atoms with Crippen LogP contribution in [-0.4, -0.2) is 16.1 Å². The Morgan fingerprint density at radius 2 is 2.00 bits per heavy atom. The Bertz CT molecular complexity index is 819. The van der Waals surface area contributed by atoms with Crippen molar-refractivity contribution >= 4 is 11.6 Å². The van der Waals surface area contributed by atoms with Crippen molar-refractivity contribution < 1.29 is 18.0 Å². The number of amides is 1. The van der Waals surface area contributed by atoms with Crippen LogP contribution in [-0.2, 0) is 0 Å². The summed E-state index contributed by atoms with van der Waals surface area (Å²) in [5, 5.41) is 9.85. The molecule has 1 amide bonds. The predicted octanol–water partition coefficient (Wildman–Crippen LogP) is 3.27. The third-order valence-corrected chi connectivity index (χ3v) is 2.90. The van der Waals surface area contributed by atoms with E-state index in [1.807, 2.05) is 0 Å². The van der Waals surface area contributed by atoms with Gasteiger partial charge in [-0.25, -0.2) is 8.78 Å². The molecule has 3 aromatic rings. The second-order valence-electron chi connectivity index (χ2n) is 4.40. The number of nitrogens with zero attached hydrogens (tertiary/aromatic N) is 2. The molecule has 110 valence electrons. The minimum atomic E-state index is -0.925. The molecular formula is C15H9F2N3O2. The van der Waals surface area contributed by atoms with Crippen molar-refractivity contribution in [3.8, 4) is 11.5 Å². The SMILES string of the molecule is O=C(Nc1cccc(-c2nnco2)c1)c1ccc(F)cc1F. The van der Waals surface area contributed by atoms with E-state index in [0.29, 0.717) is 23.2 Å². The second kappa shape index (κ2) is 5.72. The maximum absolute atomic E-state index is 13.6. The van der Waals surface area contributed by atoms with E-state index < -0.39 is 17.5 Å². The lowest BCUT2D eigenvalue weighted by Gasteiger charge is -2.07. The van der Waals surface area contributed by atoms with Gasteiger partial charge in [0.1, 0.15) is 11.6 Å². The van der Waals surface area contributed by atoms with Gasteiger partial charge >= 0.3 is 0 Å². The molecule has 0 aliphatic heterocycles. The molecule has 0 bridgehead atoms. The van der Waals surface area contributed by atoms with Crippen molar-refractivity contribution in [2.45, 2.75) is 0 Å². The molecule has 0 unspecified atom stereocenters. The van der Waals surface area contributed by atoms with Gasteiger partial charge in [-0.2, -0.15) is 0 Å². The first-order chi connectivity index (χ1) is 10.6. The Balaban J connectivity index is 1.84. The summed E-state index contributed by atoms with van der Waals surface area (Å²) in [6.07, 6.45) is 1.19. The van der Waals surface area contributed by atoms with E-state index in [-0.39, 0.29) is 5.56 Å². The Kier molecular flexibility index (Phi) is 3.61. The van der Waals surface area contributed by atoms with Crippen LogP contribution < -0.4 is 5.32 Å². The second-order valence-corrected chi connectivity index (χ2v) is 4.40. The summed E-state index contributed by atoms with van der Waals surface area (Å²) in [6.45, 7) is 0. The zero-order valence-corrected chi connectivity index (χ0v) is 11.1. The Labute approximate surface area is 123 Å². The minimum Gasteiger partial charge on any atom is -0.423 e. The lowest BCUT2D eigenvalue weighted by Crippen LogP contribution is -2.13. The zero-order valence-electron chi connectivity index (χ0n) is 11.1. The standard InChI is InChI=1S/C15H9F2N3O2/c16-10-4-5-12(13(17)7-10)14(21)19-11-3-1-2-9(6-11)15-20-18-8-22-15/h1-8H,(H,19,21). The molecule has 2 aromatic carbocycles. The zero-order chi connectivity index (χ0) is 15.5. The van der Waals surface area contributed by atoms with Gasteiger partial charge in [0.05, 0.1) is 5.56 Å². The monoisotopic (exact) mass is 301 g/mol. The van der Waals surface area contributed by atoms with Crippen LogP contribution in [0.1, 0.15) is 10.4 Å². The fraction of sp³-hybridized carbons (Fsp3) is 0. The fourth-order valence-corrected chi connectivity index (χ4v) is 1.90. The maximum Gasteiger partial charge on any atom is 0.258 e. The number of nitrogens with one attached hydrogen (secondary N) is 1. The first kappa shape index (κ1) is 13.9. The normalized spacial score (nSPS) is 10.5. The molecule has 0 spiro atoms. The summed E-state index contributed by atoms with van der Waals surface area (Å²) < 4.78 is 31.5. The fourth-order valence-electron chi connectivity index (χ4n) is 1.90. The summed E-state index contributed by atoms with van der Waals surface area (Å²) in [6, 6.07) is 9.39. The summed E-state index contributed by atoms with van der Waals surface area (Å²) in [7, 11) is 0. The van der Waals surface area contributed by atoms with Crippen LogP contribution in [0.5, 0.6) is 0 Å². The third-order valence-electron chi connectivity index (χ3n) is 2.90. The number of halogens is 2. The molecule has 1 heterocycles. The maximum atomic E-state index is 13.6. The van der Waals surface area contributed by atoms with Crippen LogP contribution in [0.4, 0.5) is 14.5 Å². The van der Waals surface area contributed by atoms with Gasteiger partial charge in [0.25, 0.3) is 5.91 Å². The van der Waals surface area contributed by atoms with Crippen molar-refractivity contribution in [3.05, 3.63) is 66.1 Å². The Morgan fingerprint density at radius 3 is 2.73 bits per heavy atom. The van der Waals surface area contributed by atoms with E-state index in [1.165, 1.54) is 6.39 Å². The number of hydrogen-bond donors (Lipinski definition) is 1. The van der Waals surface area contributed by atoms with E-state index in [2.05, 4.69) is 15.5 Å². The number of rotatable bonds is 3. The minimum absolute atomic E-state index is 0.246. The molecule has 0 aliphatic carbocycles. The number of carbonyl (C=O) groups is 1. The molecular weight excluding hydrogens is 292 g/mol. The molecule has 0 radical (unpaired) electrons. The number of anilines is 1. The lowest BCUT2D eigenvalue weighted by molar-refractivity contribution is 0.102. The van der Waals surface area contributed by atoms with Gasteiger partial charge in [0.2, 0.25) is 12.3 Å².